The standard InChI is InChI=1S/C14H16N2O2/c1-10-5-6-12(8-11(10)2)16-14(17)15-9-13-4-3-7-18-13/h3-8H,9H2,1-2H3,(H2,15,16,17). The van der Waals surface area contributed by atoms with Crippen LogP contribution in [-0.4, -0.2) is 6.03 Å². The zero-order chi connectivity index (χ0) is 13.0. The van der Waals surface area contributed by atoms with Gasteiger partial charge in [-0.3, -0.25) is 0 Å². The minimum atomic E-state index is -0.241. The van der Waals surface area contributed by atoms with Gasteiger partial charge >= 0.3 is 6.03 Å². The molecule has 0 saturated carbocycles. The van der Waals surface area contributed by atoms with Crippen LogP contribution in [0.4, 0.5) is 10.5 Å². The molecule has 0 unspecified atom stereocenters. The van der Waals surface area contributed by atoms with Gasteiger partial charge in [0.05, 0.1) is 12.8 Å². The van der Waals surface area contributed by atoms with Crippen molar-refractivity contribution in [2.24, 2.45) is 0 Å². The number of anilines is 1. The van der Waals surface area contributed by atoms with E-state index in [4.69, 9.17) is 4.42 Å². The van der Waals surface area contributed by atoms with E-state index in [1.165, 1.54) is 5.56 Å². The predicted octanol–water partition coefficient (Wildman–Crippen LogP) is 3.22. The molecular formula is C14H16N2O2. The van der Waals surface area contributed by atoms with Gasteiger partial charge in [0.15, 0.2) is 0 Å². The lowest BCUT2D eigenvalue weighted by molar-refractivity contribution is 0.251. The SMILES string of the molecule is Cc1ccc(NC(=O)NCc2ccco2)cc1C. The number of carbonyl (C=O) groups excluding carboxylic acids is 1. The maximum absolute atomic E-state index is 11.6. The molecule has 2 amide bonds. The van der Waals surface area contributed by atoms with E-state index < -0.39 is 0 Å². The van der Waals surface area contributed by atoms with Crippen LogP contribution in [0.15, 0.2) is 41.0 Å². The zero-order valence-corrected chi connectivity index (χ0v) is 10.5. The van der Waals surface area contributed by atoms with Crippen LogP contribution in [0.2, 0.25) is 0 Å². The molecule has 1 aromatic heterocycles. The van der Waals surface area contributed by atoms with Gasteiger partial charge in [-0.15, -0.1) is 0 Å². The second-order valence-corrected chi connectivity index (χ2v) is 4.19. The summed E-state index contributed by atoms with van der Waals surface area (Å²) in [5, 5.41) is 5.50. The fourth-order valence-corrected chi connectivity index (χ4v) is 1.58. The molecule has 4 heteroatoms. The van der Waals surface area contributed by atoms with Crippen LogP contribution in [0.1, 0.15) is 16.9 Å². The van der Waals surface area contributed by atoms with Gasteiger partial charge in [0.2, 0.25) is 0 Å². The van der Waals surface area contributed by atoms with E-state index in [2.05, 4.69) is 10.6 Å². The molecule has 0 spiro atoms. The summed E-state index contributed by atoms with van der Waals surface area (Å²) in [5.41, 5.74) is 3.14. The smallest absolute Gasteiger partial charge is 0.319 e. The second-order valence-electron chi connectivity index (χ2n) is 4.19. The van der Waals surface area contributed by atoms with E-state index in [0.29, 0.717) is 6.54 Å². The Kier molecular flexibility index (Phi) is 3.67. The van der Waals surface area contributed by atoms with Crippen molar-refractivity contribution >= 4 is 11.7 Å². The summed E-state index contributed by atoms with van der Waals surface area (Å²) >= 11 is 0. The third kappa shape index (κ3) is 3.13. The molecule has 94 valence electrons. The van der Waals surface area contributed by atoms with Crippen molar-refractivity contribution in [3.8, 4) is 0 Å². The first-order chi connectivity index (χ1) is 8.65. The highest BCUT2D eigenvalue weighted by Gasteiger charge is 2.03. The molecule has 1 heterocycles. The minimum Gasteiger partial charge on any atom is -0.467 e. The second kappa shape index (κ2) is 5.40. The first kappa shape index (κ1) is 12.2. The molecule has 2 rings (SSSR count). The molecular weight excluding hydrogens is 228 g/mol. The third-order valence-electron chi connectivity index (χ3n) is 2.77. The number of nitrogens with one attached hydrogen (secondary N) is 2. The zero-order valence-electron chi connectivity index (χ0n) is 10.5. The number of urea groups is 1. The Morgan fingerprint density at radius 3 is 2.72 bits per heavy atom. The van der Waals surface area contributed by atoms with Gasteiger partial charge in [-0.05, 0) is 49.2 Å². The van der Waals surface area contributed by atoms with Gasteiger partial charge in [0.1, 0.15) is 5.76 Å². The van der Waals surface area contributed by atoms with Crippen LogP contribution < -0.4 is 10.6 Å². The van der Waals surface area contributed by atoms with Crippen molar-refractivity contribution in [3.63, 3.8) is 0 Å². The highest BCUT2D eigenvalue weighted by atomic mass is 16.3. The average molecular weight is 244 g/mol. The predicted molar refractivity (Wildman–Crippen MR) is 70.5 cm³/mol. The molecule has 0 aliphatic heterocycles. The first-order valence-corrected chi connectivity index (χ1v) is 5.79. The van der Waals surface area contributed by atoms with Crippen LogP contribution in [0, 0.1) is 13.8 Å². The van der Waals surface area contributed by atoms with Crippen LogP contribution in [0.3, 0.4) is 0 Å². The average Bonchev–Trinajstić information content (AvgIpc) is 2.84. The van der Waals surface area contributed by atoms with Gasteiger partial charge in [0, 0.05) is 5.69 Å². The van der Waals surface area contributed by atoms with Crippen molar-refractivity contribution in [2.75, 3.05) is 5.32 Å². The Hall–Kier alpha value is -2.23. The van der Waals surface area contributed by atoms with E-state index in [1.54, 1.807) is 12.3 Å². The molecule has 2 N–H and O–H groups in total. The summed E-state index contributed by atoms with van der Waals surface area (Å²) in [6, 6.07) is 9.18. The van der Waals surface area contributed by atoms with E-state index in [-0.39, 0.29) is 6.03 Å². The highest BCUT2D eigenvalue weighted by Crippen LogP contribution is 2.13. The number of carbonyl (C=O) groups is 1. The van der Waals surface area contributed by atoms with Crippen LogP contribution in [-0.2, 0) is 6.54 Å². The fraction of sp³-hybridized carbons (Fsp3) is 0.214. The largest absolute Gasteiger partial charge is 0.467 e. The van der Waals surface area contributed by atoms with Gasteiger partial charge in [-0.2, -0.15) is 0 Å². The number of aryl methyl sites for hydroxylation is 2. The molecule has 0 saturated heterocycles. The van der Waals surface area contributed by atoms with Crippen molar-refractivity contribution in [1.29, 1.82) is 0 Å². The van der Waals surface area contributed by atoms with Gasteiger partial charge in [-0.1, -0.05) is 6.07 Å². The summed E-state index contributed by atoms with van der Waals surface area (Å²) in [6.07, 6.45) is 1.58. The topological polar surface area (TPSA) is 54.3 Å². The summed E-state index contributed by atoms with van der Waals surface area (Å²) in [7, 11) is 0. The van der Waals surface area contributed by atoms with Crippen molar-refractivity contribution in [3.05, 3.63) is 53.5 Å². The first-order valence-electron chi connectivity index (χ1n) is 5.79. The van der Waals surface area contributed by atoms with E-state index in [9.17, 15) is 4.79 Å². The number of hydrogen-bond acceptors (Lipinski definition) is 2. The quantitative estimate of drug-likeness (QED) is 0.871. The van der Waals surface area contributed by atoms with Gasteiger partial charge in [0.25, 0.3) is 0 Å². The molecule has 0 aliphatic carbocycles. The van der Waals surface area contributed by atoms with Crippen molar-refractivity contribution in [2.45, 2.75) is 20.4 Å². The highest BCUT2D eigenvalue weighted by molar-refractivity contribution is 5.89. The van der Waals surface area contributed by atoms with Gasteiger partial charge < -0.3 is 15.1 Å². The van der Waals surface area contributed by atoms with Crippen LogP contribution in [0.25, 0.3) is 0 Å². The number of benzene rings is 1. The Labute approximate surface area is 106 Å². The Morgan fingerprint density at radius 1 is 1.22 bits per heavy atom. The van der Waals surface area contributed by atoms with E-state index >= 15 is 0 Å². The molecule has 0 bridgehead atoms. The van der Waals surface area contributed by atoms with Crippen molar-refractivity contribution in [1.82, 2.24) is 5.32 Å². The maximum Gasteiger partial charge on any atom is 0.319 e. The van der Waals surface area contributed by atoms with Crippen LogP contribution in [0.5, 0.6) is 0 Å². The lowest BCUT2D eigenvalue weighted by Crippen LogP contribution is -2.28. The summed E-state index contributed by atoms with van der Waals surface area (Å²) < 4.78 is 5.13. The number of rotatable bonds is 3. The Morgan fingerprint density at radius 2 is 2.06 bits per heavy atom. The number of hydrogen-bond donors (Lipinski definition) is 2. The maximum atomic E-state index is 11.6. The third-order valence-corrected chi connectivity index (χ3v) is 2.77. The summed E-state index contributed by atoms with van der Waals surface area (Å²) in [5.74, 6) is 0.727. The molecule has 0 radical (unpaired) electrons. The van der Waals surface area contributed by atoms with E-state index in [0.717, 1.165) is 17.0 Å². The molecule has 0 aliphatic rings. The Bertz CT molecular complexity index is 533. The minimum absolute atomic E-state index is 0.241. The van der Waals surface area contributed by atoms with Crippen LogP contribution >= 0.6 is 0 Å². The number of amides is 2. The molecule has 2 aromatic rings. The molecule has 1 aromatic carbocycles. The fourth-order valence-electron chi connectivity index (χ4n) is 1.58. The van der Waals surface area contributed by atoms with Crippen molar-refractivity contribution < 1.29 is 9.21 Å². The Balaban J connectivity index is 1.88. The molecule has 0 fully saturated rings. The molecule has 0 atom stereocenters. The number of furan rings is 1. The lowest BCUT2D eigenvalue weighted by Gasteiger charge is -2.08. The van der Waals surface area contributed by atoms with Gasteiger partial charge in [-0.25, -0.2) is 4.79 Å². The molecule has 4 nitrogen and oxygen atoms in total. The normalized spacial score (nSPS) is 10.1. The summed E-state index contributed by atoms with van der Waals surface area (Å²) in [6.45, 7) is 4.43. The summed E-state index contributed by atoms with van der Waals surface area (Å²) in [4.78, 5) is 11.6. The van der Waals surface area contributed by atoms with E-state index in [1.807, 2.05) is 38.1 Å². The molecule has 18 heavy (non-hydrogen) atoms. The monoisotopic (exact) mass is 244 g/mol. The lowest BCUT2D eigenvalue weighted by atomic mass is 10.1.